The molecule has 2 aromatic carbocycles. The fraction of sp³-hybridized carbons (Fsp3) is 0.0667. The molecule has 1 heterocycles. The zero-order chi connectivity index (χ0) is 14.4. The van der Waals surface area contributed by atoms with Crippen LogP contribution < -0.4 is 0 Å². The van der Waals surface area contributed by atoms with Gasteiger partial charge < -0.3 is 4.42 Å². The first-order valence-electron chi connectivity index (χ1n) is 6.76. The van der Waals surface area contributed by atoms with E-state index in [1.807, 2.05) is 30.3 Å². The van der Waals surface area contributed by atoms with E-state index in [9.17, 15) is 0 Å². The van der Waals surface area contributed by atoms with Crippen molar-refractivity contribution < 1.29 is 8.53 Å². The molecule has 3 aromatic rings. The quantitative estimate of drug-likeness (QED) is 0.584. The van der Waals surface area contributed by atoms with Crippen molar-refractivity contribution >= 4 is 22.6 Å². The van der Waals surface area contributed by atoms with Crippen LogP contribution in [0.25, 0.3) is 22.1 Å². The monoisotopic (exact) mass is 245 g/mol. The van der Waals surface area contributed by atoms with E-state index in [1.54, 1.807) is 6.92 Å². The van der Waals surface area contributed by atoms with Crippen LogP contribution in [0.3, 0.4) is 0 Å². The molecule has 0 saturated heterocycles. The Morgan fingerprint density at radius 1 is 1.18 bits per heavy atom. The summed E-state index contributed by atoms with van der Waals surface area (Å²) >= 11 is 5.99. The fourth-order valence-electron chi connectivity index (χ4n) is 1.96. The van der Waals surface area contributed by atoms with E-state index in [2.05, 4.69) is 0 Å². The van der Waals surface area contributed by atoms with Crippen LogP contribution in [0.2, 0.25) is 5.02 Å². The molecule has 0 aliphatic rings. The second-order valence-corrected chi connectivity index (χ2v) is 4.17. The predicted octanol–water partition coefficient (Wildman–Crippen LogP) is 5.06. The lowest BCUT2D eigenvalue weighted by Gasteiger charge is -1.99. The molecule has 0 fully saturated rings. The highest BCUT2D eigenvalue weighted by Crippen LogP contribution is 2.35. The van der Waals surface area contributed by atoms with Gasteiger partial charge in [-0.15, -0.1) is 0 Å². The van der Waals surface area contributed by atoms with E-state index < -0.39 is 0 Å². The first kappa shape index (κ1) is 7.57. The second-order valence-electron chi connectivity index (χ2n) is 3.79. The summed E-state index contributed by atoms with van der Waals surface area (Å²) in [6.45, 7) is 1.79. The van der Waals surface area contributed by atoms with Gasteiger partial charge in [-0.1, -0.05) is 41.9 Å². The summed E-state index contributed by atoms with van der Waals surface area (Å²) in [5, 5.41) is 0.486. The van der Waals surface area contributed by atoms with Gasteiger partial charge in [-0.2, -0.15) is 0 Å². The normalized spacial score (nSPS) is 13.4. The number of hydrogen-bond donors (Lipinski definition) is 0. The lowest BCUT2D eigenvalue weighted by atomic mass is 10.0. The van der Waals surface area contributed by atoms with E-state index in [0.717, 1.165) is 11.1 Å². The van der Waals surface area contributed by atoms with Crippen LogP contribution in [0, 0.1) is 6.92 Å². The zero-order valence-electron chi connectivity index (χ0n) is 12.2. The maximum absolute atomic E-state index is 8.13. The molecule has 0 radical (unpaired) electrons. The van der Waals surface area contributed by atoms with Crippen LogP contribution in [-0.2, 0) is 0 Å². The van der Waals surface area contributed by atoms with Gasteiger partial charge >= 0.3 is 0 Å². The number of hydrogen-bond acceptors (Lipinski definition) is 1. The molecule has 0 atom stereocenters. The standard InChI is InChI=1S/C15H11ClO/c1-10-15(11-5-3-2-4-6-11)13-9-12(16)7-8-14(13)17-10/h2-9H,1H3/i7D,8D,9D. The van der Waals surface area contributed by atoms with E-state index in [0.29, 0.717) is 11.1 Å². The van der Waals surface area contributed by atoms with Crippen molar-refractivity contribution in [2.45, 2.75) is 6.92 Å². The molecule has 1 nitrogen and oxygen atoms in total. The maximum atomic E-state index is 8.13. The Morgan fingerprint density at radius 3 is 2.71 bits per heavy atom. The second kappa shape index (κ2) is 3.94. The van der Waals surface area contributed by atoms with Crippen molar-refractivity contribution in [3.05, 3.63) is 59.2 Å². The maximum Gasteiger partial charge on any atom is 0.135 e. The summed E-state index contributed by atoms with van der Waals surface area (Å²) in [6.07, 6.45) is 0. The molecule has 0 bridgehead atoms. The van der Waals surface area contributed by atoms with Gasteiger partial charge in [0.25, 0.3) is 0 Å². The Labute approximate surface area is 109 Å². The average Bonchev–Trinajstić information content (AvgIpc) is 2.81. The smallest absolute Gasteiger partial charge is 0.135 e. The Bertz CT molecular complexity index is 809. The molecule has 84 valence electrons. The molecule has 1 aromatic heterocycles. The predicted molar refractivity (Wildman–Crippen MR) is 71.4 cm³/mol. The molecule has 0 N–H and O–H groups in total. The van der Waals surface area contributed by atoms with Crippen LogP contribution in [0.5, 0.6) is 0 Å². The SMILES string of the molecule is [2H]c1c(Cl)c([2H])c2c(-c3ccccc3)c(C)oc2c1[2H]. The van der Waals surface area contributed by atoms with E-state index >= 15 is 0 Å². The molecule has 2 heteroatoms. The Morgan fingerprint density at radius 2 is 1.94 bits per heavy atom. The molecule has 0 spiro atoms. The highest BCUT2D eigenvalue weighted by Gasteiger charge is 2.12. The molecular formula is C15H11ClO. The van der Waals surface area contributed by atoms with Gasteiger partial charge in [0.15, 0.2) is 0 Å². The first-order chi connectivity index (χ1) is 9.52. The van der Waals surface area contributed by atoms with Crippen LogP contribution >= 0.6 is 11.6 Å². The van der Waals surface area contributed by atoms with Gasteiger partial charge in [0, 0.05) is 16.0 Å². The number of benzene rings is 2. The zero-order valence-corrected chi connectivity index (χ0v) is 9.93. The third kappa shape index (κ3) is 1.73. The van der Waals surface area contributed by atoms with E-state index in [1.165, 1.54) is 0 Å². The molecule has 3 rings (SSSR count). The molecule has 0 aliphatic heterocycles. The van der Waals surface area contributed by atoms with Gasteiger partial charge in [-0.3, -0.25) is 0 Å². The third-order valence-corrected chi connectivity index (χ3v) is 2.86. The van der Waals surface area contributed by atoms with Crippen molar-refractivity contribution in [2.24, 2.45) is 0 Å². The van der Waals surface area contributed by atoms with Crippen molar-refractivity contribution in [2.75, 3.05) is 0 Å². The minimum atomic E-state index is -0.169. The van der Waals surface area contributed by atoms with Gasteiger partial charge in [-0.25, -0.2) is 0 Å². The lowest BCUT2D eigenvalue weighted by Crippen LogP contribution is -1.77. The van der Waals surface area contributed by atoms with Crippen molar-refractivity contribution in [1.29, 1.82) is 0 Å². The molecule has 0 saturated carbocycles. The summed E-state index contributed by atoms with van der Waals surface area (Å²) < 4.78 is 29.4. The van der Waals surface area contributed by atoms with Crippen LogP contribution in [0.1, 0.15) is 9.87 Å². The number of halogens is 1. The Hall–Kier alpha value is -1.73. The van der Waals surface area contributed by atoms with Crippen molar-refractivity contribution in [3.63, 3.8) is 0 Å². The summed E-state index contributed by atoms with van der Waals surface area (Å²) in [6, 6.07) is 9.35. The average molecular weight is 246 g/mol. The Balaban J connectivity index is 2.49. The highest BCUT2D eigenvalue weighted by molar-refractivity contribution is 6.31. The van der Waals surface area contributed by atoms with Crippen LogP contribution in [0.15, 0.2) is 52.9 Å². The van der Waals surface area contributed by atoms with Gasteiger partial charge in [0.2, 0.25) is 0 Å². The first-order valence-corrected chi connectivity index (χ1v) is 5.64. The third-order valence-electron chi connectivity index (χ3n) is 2.67. The minimum Gasteiger partial charge on any atom is -0.461 e. The number of fused-ring (bicyclic) bond motifs is 1. The van der Waals surface area contributed by atoms with Crippen LogP contribution in [0.4, 0.5) is 0 Å². The lowest BCUT2D eigenvalue weighted by molar-refractivity contribution is 0.580. The number of rotatable bonds is 1. The summed E-state index contributed by atoms with van der Waals surface area (Å²) in [4.78, 5) is 0. The Kier molecular flexibility index (Phi) is 1.75. The molecule has 0 unspecified atom stereocenters. The van der Waals surface area contributed by atoms with Gasteiger partial charge in [0.1, 0.15) is 11.3 Å². The fourth-order valence-corrected chi connectivity index (χ4v) is 2.10. The summed E-state index contributed by atoms with van der Waals surface area (Å²) in [7, 11) is 0. The summed E-state index contributed by atoms with van der Waals surface area (Å²) in [5.74, 6) is 0.620. The van der Waals surface area contributed by atoms with Crippen LogP contribution in [-0.4, -0.2) is 0 Å². The van der Waals surface area contributed by atoms with Crippen molar-refractivity contribution in [1.82, 2.24) is 0 Å². The van der Waals surface area contributed by atoms with Crippen molar-refractivity contribution in [3.8, 4) is 11.1 Å². The molecular weight excluding hydrogens is 232 g/mol. The molecule has 0 amide bonds. The molecule has 17 heavy (non-hydrogen) atoms. The van der Waals surface area contributed by atoms with E-state index in [4.69, 9.17) is 20.1 Å². The minimum absolute atomic E-state index is 0.0134. The van der Waals surface area contributed by atoms with Gasteiger partial charge in [-0.05, 0) is 30.6 Å². The topological polar surface area (TPSA) is 13.1 Å². The van der Waals surface area contributed by atoms with E-state index in [-0.39, 0.29) is 28.7 Å². The largest absolute Gasteiger partial charge is 0.461 e. The van der Waals surface area contributed by atoms with Gasteiger partial charge in [0.05, 0.1) is 4.11 Å². The highest BCUT2D eigenvalue weighted by atomic mass is 35.5. The number of furan rings is 1. The summed E-state index contributed by atoms with van der Waals surface area (Å²) in [5.41, 5.74) is 1.92. The number of aryl methyl sites for hydroxylation is 1. The molecule has 0 aliphatic carbocycles.